The molecule has 0 spiro atoms. The highest BCUT2D eigenvalue weighted by Crippen LogP contribution is 2.29. The van der Waals surface area contributed by atoms with Crippen molar-refractivity contribution >= 4 is 5.69 Å². The van der Waals surface area contributed by atoms with Crippen molar-refractivity contribution in [1.29, 1.82) is 0 Å². The Labute approximate surface area is 89.3 Å². The fraction of sp³-hybridized carbons (Fsp3) is 0.500. The first-order valence-electron chi connectivity index (χ1n) is 5.34. The Morgan fingerprint density at radius 1 is 1.40 bits per heavy atom. The van der Waals surface area contributed by atoms with Gasteiger partial charge in [0.1, 0.15) is 5.82 Å². The minimum absolute atomic E-state index is 0.108. The van der Waals surface area contributed by atoms with Gasteiger partial charge in [0.15, 0.2) is 0 Å². The van der Waals surface area contributed by atoms with Crippen LogP contribution in [-0.4, -0.2) is 18.2 Å². The molecule has 82 valence electrons. The summed E-state index contributed by atoms with van der Waals surface area (Å²) in [6.45, 7) is -0.108. The molecule has 0 amide bonds. The topological polar surface area (TPSA) is 23.5 Å². The third-order valence-electron chi connectivity index (χ3n) is 3.15. The van der Waals surface area contributed by atoms with Gasteiger partial charge in [0.05, 0.1) is 6.61 Å². The van der Waals surface area contributed by atoms with E-state index in [9.17, 15) is 4.39 Å². The molecule has 1 aliphatic carbocycles. The fourth-order valence-corrected chi connectivity index (χ4v) is 1.91. The molecule has 1 aliphatic rings. The van der Waals surface area contributed by atoms with Gasteiger partial charge in [0.25, 0.3) is 0 Å². The monoisotopic (exact) mass is 209 g/mol. The third kappa shape index (κ3) is 2.12. The summed E-state index contributed by atoms with van der Waals surface area (Å²) < 4.78 is 13.2. The van der Waals surface area contributed by atoms with E-state index in [1.165, 1.54) is 31.4 Å². The SMILES string of the molecule is CN(c1cc(F)cc(CO)c1)C1CCC1. The minimum atomic E-state index is -0.275. The van der Waals surface area contributed by atoms with Crippen LogP contribution in [0.15, 0.2) is 18.2 Å². The van der Waals surface area contributed by atoms with E-state index >= 15 is 0 Å². The quantitative estimate of drug-likeness (QED) is 0.825. The highest BCUT2D eigenvalue weighted by atomic mass is 19.1. The number of hydrogen-bond acceptors (Lipinski definition) is 2. The Morgan fingerprint density at radius 2 is 2.13 bits per heavy atom. The van der Waals surface area contributed by atoms with Crippen LogP contribution in [0.3, 0.4) is 0 Å². The van der Waals surface area contributed by atoms with Gasteiger partial charge >= 0.3 is 0 Å². The van der Waals surface area contributed by atoms with E-state index in [1.807, 2.05) is 13.1 Å². The van der Waals surface area contributed by atoms with Gasteiger partial charge in [0.2, 0.25) is 0 Å². The Bertz CT molecular complexity index is 349. The molecule has 0 saturated heterocycles. The summed E-state index contributed by atoms with van der Waals surface area (Å²) in [5.74, 6) is -0.275. The molecule has 0 radical (unpaired) electrons. The first-order chi connectivity index (χ1) is 7.20. The van der Waals surface area contributed by atoms with Gasteiger partial charge in [-0.2, -0.15) is 0 Å². The van der Waals surface area contributed by atoms with Crippen LogP contribution in [0.25, 0.3) is 0 Å². The lowest BCUT2D eigenvalue weighted by Gasteiger charge is -2.36. The standard InChI is InChI=1S/C12H16FNO/c1-14(11-3-2-4-11)12-6-9(8-15)5-10(13)7-12/h5-7,11,15H,2-4,8H2,1H3. The molecular formula is C12H16FNO. The van der Waals surface area contributed by atoms with Crippen LogP contribution in [0.5, 0.6) is 0 Å². The zero-order valence-corrected chi connectivity index (χ0v) is 8.91. The molecule has 0 aromatic heterocycles. The summed E-state index contributed by atoms with van der Waals surface area (Å²) in [5, 5.41) is 8.99. The number of benzene rings is 1. The van der Waals surface area contributed by atoms with Gasteiger partial charge < -0.3 is 10.0 Å². The van der Waals surface area contributed by atoms with Crippen molar-refractivity contribution in [2.45, 2.75) is 31.9 Å². The maximum absolute atomic E-state index is 13.2. The molecule has 0 heterocycles. The van der Waals surface area contributed by atoms with E-state index in [0.717, 1.165) is 5.69 Å². The number of rotatable bonds is 3. The average Bonchev–Trinajstić information content (AvgIpc) is 2.14. The average molecular weight is 209 g/mol. The van der Waals surface area contributed by atoms with E-state index in [1.54, 1.807) is 0 Å². The molecule has 1 N–H and O–H groups in total. The van der Waals surface area contributed by atoms with Crippen molar-refractivity contribution in [3.63, 3.8) is 0 Å². The Morgan fingerprint density at radius 3 is 2.67 bits per heavy atom. The maximum atomic E-state index is 13.2. The molecule has 0 atom stereocenters. The molecule has 1 fully saturated rings. The van der Waals surface area contributed by atoms with Crippen molar-refractivity contribution in [3.05, 3.63) is 29.6 Å². The van der Waals surface area contributed by atoms with Gasteiger partial charge in [-0.15, -0.1) is 0 Å². The maximum Gasteiger partial charge on any atom is 0.125 e. The van der Waals surface area contributed by atoms with Crippen LogP contribution in [0, 0.1) is 5.82 Å². The number of hydrogen-bond donors (Lipinski definition) is 1. The second kappa shape index (κ2) is 4.19. The molecular weight excluding hydrogens is 193 g/mol. The summed E-state index contributed by atoms with van der Waals surface area (Å²) in [6.07, 6.45) is 3.63. The summed E-state index contributed by atoms with van der Waals surface area (Å²) >= 11 is 0. The lowest BCUT2D eigenvalue weighted by atomic mass is 9.91. The van der Waals surface area contributed by atoms with E-state index in [-0.39, 0.29) is 12.4 Å². The van der Waals surface area contributed by atoms with Gasteiger partial charge in [0, 0.05) is 18.8 Å². The fourth-order valence-electron chi connectivity index (χ4n) is 1.91. The van der Waals surface area contributed by atoms with Crippen molar-refractivity contribution in [2.24, 2.45) is 0 Å². The highest BCUT2D eigenvalue weighted by molar-refractivity contribution is 5.49. The largest absolute Gasteiger partial charge is 0.392 e. The third-order valence-corrected chi connectivity index (χ3v) is 3.15. The van der Waals surface area contributed by atoms with E-state index in [2.05, 4.69) is 4.90 Å². The molecule has 1 saturated carbocycles. The molecule has 15 heavy (non-hydrogen) atoms. The van der Waals surface area contributed by atoms with Gasteiger partial charge in [-0.05, 0) is 43.0 Å². The van der Waals surface area contributed by atoms with E-state index < -0.39 is 0 Å². The Balaban J connectivity index is 2.22. The molecule has 3 heteroatoms. The molecule has 1 aromatic rings. The molecule has 2 rings (SSSR count). The molecule has 0 bridgehead atoms. The Kier molecular flexibility index (Phi) is 2.91. The van der Waals surface area contributed by atoms with Gasteiger partial charge in [-0.25, -0.2) is 4.39 Å². The van der Waals surface area contributed by atoms with E-state index in [4.69, 9.17) is 5.11 Å². The van der Waals surface area contributed by atoms with Crippen molar-refractivity contribution in [2.75, 3.05) is 11.9 Å². The number of nitrogens with zero attached hydrogens (tertiary/aromatic N) is 1. The zero-order valence-electron chi connectivity index (χ0n) is 8.91. The number of halogens is 1. The van der Waals surface area contributed by atoms with Gasteiger partial charge in [-0.1, -0.05) is 0 Å². The lowest BCUT2D eigenvalue weighted by molar-refractivity contribution is 0.281. The van der Waals surface area contributed by atoms with Crippen LogP contribution in [-0.2, 0) is 6.61 Å². The smallest absolute Gasteiger partial charge is 0.125 e. The Hall–Kier alpha value is -1.09. The summed E-state index contributed by atoms with van der Waals surface area (Å²) in [4.78, 5) is 2.10. The number of aliphatic hydroxyl groups is 1. The lowest BCUT2D eigenvalue weighted by Crippen LogP contribution is -2.37. The highest BCUT2D eigenvalue weighted by Gasteiger charge is 2.22. The molecule has 0 aliphatic heterocycles. The number of aliphatic hydroxyl groups excluding tert-OH is 1. The first kappa shape index (κ1) is 10.4. The summed E-state index contributed by atoms with van der Waals surface area (Å²) in [5.41, 5.74) is 1.50. The number of anilines is 1. The van der Waals surface area contributed by atoms with Crippen LogP contribution >= 0.6 is 0 Å². The van der Waals surface area contributed by atoms with Crippen molar-refractivity contribution in [1.82, 2.24) is 0 Å². The predicted octanol–water partition coefficient (Wildman–Crippen LogP) is 2.31. The minimum Gasteiger partial charge on any atom is -0.392 e. The van der Waals surface area contributed by atoms with Crippen LogP contribution in [0.1, 0.15) is 24.8 Å². The summed E-state index contributed by atoms with van der Waals surface area (Å²) in [6, 6.07) is 5.29. The van der Waals surface area contributed by atoms with Gasteiger partial charge in [-0.3, -0.25) is 0 Å². The normalized spacial score (nSPS) is 16.2. The zero-order chi connectivity index (χ0) is 10.8. The van der Waals surface area contributed by atoms with Crippen molar-refractivity contribution < 1.29 is 9.50 Å². The molecule has 0 unspecified atom stereocenters. The van der Waals surface area contributed by atoms with Crippen LogP contribution < -0.4 is 4.90 Å². The second-order valence-corrected chi connectivity index (χ2v) is 4.17. The summed E-state index contributed by atoms with van der Waals surface area (Å²) in [7, 11) is 1.99. The molecule has 2 nitrogen and oxygen atoms in total. The van der Waals surface area contributed by atoms with Crippen LogP contribution in [0.4, 0.5) is 10.1 Å². The van der Waals surface area contributed by atoms with Crippen molar-refractivity contribution in [3.8, 4) is 0 Å². The predicted molar refractivity (Wildman–Crippen MR) is 58.4 cm³/mol. The van der Waals surface area contributed by atoms with Crippen LogP contribution in [0.2, 0.25) is 0 Å². The molecule has 1 aromatic carbocycles. The van der Waals surface area contributed by atoms with E-state index in [0.29, 0.717) is 11.6 Å². The second-order valence-electron chi connectivity index (χ2n) is 4.17. The first-order valence-corrected chi connectivity index (χ1v) is 5.34.